The van der Waals surface area contributed by atoms with Crippen LogP contribution < -0.4 is 10.3 Å². The van der Waals surface area contributed by atoms with Crippen molar-refractivity contribution < 1.29 is 9.84 Å². The first-order valence-corrected chi connectivity index (χ1v) is 8.79. The summed E-state index contributed by atoms with van der Waals surface area (Å²) in [5.41, 5.74) is 1.01. The maximum Gasteiger partial charge on any atom is 0.282 e. The van der Waals surface area contributed by atoms with E-state index in [-0.39, 0.29) is 11.3 Å². The molecular formula is C17H13Br2N3O3. The molecule has 0 aliphatic carbocycles. The monoisotopic (exact) mass is 465 g/mol. The van der Waals surface area contributed by atoms with Gasteiger partial charge in [-0.05, 0) is 58.7 Å². The van der Waals surface area contributed by atoms with E-state index >= 15 is 0 Å². The Balaban J connectivity index is 2.10. The average molecular weight is 467 g/mol. The van der Waals surface area contributed by atoms with Crippen LogP contribution in [0.25, 0.3) is 10.9 Å². The smallest absolute Gasteiger partial charge is 0.282 e. The first kappa shape index (κ1) is 17.6. The van der Waals surface area contributed by atoms with Crippen molar-refractivity contribution >= 4 is 49.0 Å². The number of methoxy groups -OCH3 is 1. The number of phenols is 1. The number of ether oxygens (including phenoxy) is 1. The molecule has 128 valence electrons. The Morgan fingerprint density at radius 3 is 2.76 bits per heavy atom. The van der Waals surface area contributed by atoms with E-state index in [1.807, 2.05) is 6.07 Å². The highest BCUT2D eigenvalue weighted by Gasteiger charge is 2.09. The summed E-state index contributed by atoms with van der Waals surface area (Å²) < 4.78 is 7.61. The summed E-state index contributed by atoms with van der Waals surface area (Å²) in [5.74, 6) is 0.784. The summed E-state index contributed by atoms with van der Waals surface area (Å²) in [6, 6.07) is 8.63. The van der Waals surface area contributed by atoms with Crippen molar-refractivity contribution in [3.8, 4) is 11.5 Å². The molecule has 2 aromatic carbocycles. The first-order chi connectivity index (χ1) is 11.9. The lowest BCUT2D eigenvalue weighted by Crippen LogP contribution is -2.20. The highest BCUT2D eigenvalue weighted by atomic mass is 79.9. The van der Waals surface area contributed by atoms with Crippen LogP contribution in [0, 0.1) is 6.92 Å². The van der Waals surface area contributed by atoms with Gasteiger partial charge < -0.3 is 9.84 Å². The van der Waals surface area contributed by atoms with Crippen molar-refractivity contribution in [2.45, 2.75) is 6.92 Å². The van der Waals surface area contributed by atoms with Crippen molar-refractivity contribution in [3.05, 3.63) is 61.0 Å². The van der Waals surface area contributed by atoms with E-state index in [0.717, 1.165) is 4.47 Å². The quantitative estimate of drug-likeness (QED) is 0.595. The molecule has 1 heterocycles. The lowest BCUT2D eigenvalue weighted by Gasteiger charge is -2.07. The molecule has 0 unspecified atom stereocenters. The van der Waals surface area contributed by atoms with E-state index in [2.05, 4.69) is 41.9 Å². The highest BCUT2D eigenvalue weighted by molar-refractivity contribution is 9.10. The molecule has 0 aliphatic heterocycles. The van der Waals surface area contributed by atoms with E-state index in [9.17, 15) is 9.90 Å². The highest BCUT2D eigenvalue weighted by Crippen LogP contribution is 2.34. The zero-order chi connectivity index (χ0) is 18.1. The Hall–Kier alpha value is -2.19. The molecule has 25 heavy (non-hydrogen) atoms. The van der Waals surface area contributed by atoms with Crippen molar-refractivity contribution in [1.82, 2.24) is 9.66 Å². The molecule has 0 saturated heterocycles. The Kier molecular flexibility index (Phi) is 4.91. The summed E-state index contributed by atoms with van der Waals surface area (Å²) in [5, 5.41) is 14.6. The van der Waals surface area contributed by atoms with Gasteiger partial charge in [0.15, 0.2) is 11.5 Å². The Morgan fingerprint density at radius 2 is 2.04 bits per heavy atom. The molecule has 3 aromatic rings. The van der Waals surface area contributed by atoms with Gasteiger partial charge in [0.25, 0.3) is 5.56 Å². The van der Waals surface area contributed by atoms with Gasteiger partial charge in [-0.2, -0.15) is 9.78 Å². The van der Waals surface area contributed by atoms with E-state index < -0.39 is 0 Å². The number of aromatic nitrogens is 2. The predicted molar refractivity (Wildman–Crippen MR) is 104 cm³/mol. The third kappa shape index (κ3) is 3.45. The number of hydrogen-bond donors (Lipinski definition) is 1. The second kappa shape index (κ2) is 6.97. The summed E-state index contributed by atoms with van der Waals surface area (Å²) in [6.45, 7) is 1.72. The van der Waals surface area contributed by atoms with Gasteiger partial charge in [0, 0.05) is 4.47 Å². The molecule has 0 fully saturated rings. The first-order valence-electron chi connectivity index (χ1n) is 7.20. The summed E-state index contributed by atoms with van der Waals surface area (Å²) in [6.07, 6.45) is 1.51. The second-order valence-corrected chi connectivity index (χ2v) is 7.01. The lowest BCUT2D eigenvalue weighted by molar-refractivity contribution is 0.372. The fourth-order valence-electron chi connectivity index (χ4n) is 2.34. The van der Waals surface area contributed by atoms with Crippen LogP contribution in [-0.2, 0) is 0 Å². The van der Waals surface area contributed by atoms with Gasteiger partial charge in [0.2, 0.25) is 0 Å². The van der Waals surface area contributed by atoms with Gasteiger partial charge >= 0.3 is 0 Å². The van der Waals surface area contributed by atoms with Crippen LogP contribution in [0.2, 0.25) is 0 Å². The Morgan fingerprint density at radius 1 is 1.28 bits per heavy atom. The average Bonchev–Trinajstić information content (AvgIpc) is 2.58. The number of fused-ring (bicyclic) bond motifs is 1. The number of rotatable bonds is 3. The van der Waals surface area contributed by atoms with Crippen LogP contribution in [0.3, 0.4) is 0 Å². The molecule has 1 N–H and O–H groups in total. The maximum atomic E-state index is 12.7. The van der Waals surface area contributed by atoms with Crippen molar-refractivity contribution in [2.24, 2.45) is 5.10 Å². The molecule has 0 aliphatic rings. The largest absolute Gasteiger partial charge is 0.503 e. The van der Waals surface area contributed by atoms with E-state index in [0.29, 0.717) is 32.5 Å². The molecule has 0 amide bonds. The summed E-state index contributed by atoms with van der Waals surface area (Å²) in [4.78, 5) is 17.1. The summed E-state index contributed by atoms with van der Waals surface area (Å²) >= 11 is 6.61. The van der Waals surface area contributed by atoms with E-state index in [1.54, 1.807) is 31.2 Å². The predicted octanol–water partition coefficient (Wildman–Crippen LogP) is 3.83. The topological polar surface area (TPSA) is 76.7 Å². The van der Waals surface area contributed by atoms with Gasteiger partial charge in [-0.3, -0.25) is 4.79 Å². The third-order valence-electron chi connectivity index (χ3n) is 3.56. The number of nitrogens with zero attached hydrogens (tertiary/aromatic N) is 3. The number of hydrogen-bond acceptors (Lipinski definition) is 5. The summed E-state index contributed by atoms with van der Waals surface area (Å²) in [7, 11) is 1.46. The lowest BCUT2D eigenvalue weighted by atomic mass is 10.2. The van der Waals surface area contributed by atoms with E-state index in [4.69, 9.17) is 4.74 Å². The standard InChI is InChI=1S/C17H13Br2N3O3/c1-9-21-14-4-3-11(18)7-12(14)17(24)22(9)20-8-10-5-13(19)16(23)15(6-10)25-2/h3-8,23H,1-2H3. The molecule has 6 nitrogen and oxygen atoms in total. The van der Waals surface area contributed by atoms with Gasteiger partial charge in [0.05, 0.1) is 28.7 Å². The number of benzene rings is 2. The molecule has 0 bridgehead atoms. The molecule has 0 atom stereocenters. The van der Waals surface area contributed by atoms with Gasteiger partial charge in [-0.25, -0.2) is 4.98 Å². The molecule has 0 saturated carbocycles. The molecule has 8 heteroatoms. The Labute approximate surface area is 160 Å². The number of halogens is 2. The van der Waals surface area contributed by atoms with Crippen LogP contribution >= 0.6 is 31.9 Å². The van der Waals surface area contributed by atoms with E-state index in [1.165, 1.54) is 18.0 Å². The molecular weight excluding hydrogens is 454 g/mol. The van der Waals surface area contributed by atoms with Crippen LogP contribution in [-0.4, -0.2) is 28.1 Å². The minimum Gasteiger partial charge on any atom is -0.503 e. The molecule has 1 aromatic heterocycles. The number of aromatic hydroxyl groups is 1. The van der Waals surface area contributed by atoms with Crippen LogP contribution in [0.1, 0.15) is 11.4 Å². The maximum absolute atomic E-state index is 12.7. The van der Waals surface area contributed by atoms with Crippen molar-refractivity contribution in [2.75, 3.05) is 7.11 Å². The fraction of sp³-hybridized carbons (Fsp3) is 0.118. The molecule has 3 rings (SSSR count). The zero-order valence-corrected chi connectivity index (χ0v) is 16.5. The molecule has 0 radical (unpaired) electrons. The molecule has 0 spiro atoms. The minimum absolute atomic E-state index is 0.00483. The van der Waals surface area contributed by atoms with Crippen molar-refractivity contribution in [3.63, 3.8) is 0 Å². The Bertz CT molecular complexity index is 1060. The van der Waals surface area contributed by atoms with Crippen LogP contribution in [0.15, 0.2) is 49.2 Å². The fourth-order valence-corrected chi connectivity index (χ4v) is 3.16. The SMILES string of the molecule is COc1cc(C=Nn2c(C)nc3ccc(Br)cc3c2=O)cc(Br)c1O. The number of phenolic OH excluding ortho intramolecular Hbond substituents is 1. The normalized spacial score (nSPS) is 11.4. The third-order valence-corrected chi connectivity index (χ3v) is 4.66. The number of aryl methyl sites for hydroxylation is 1. The zero-order valence-electron chi connectivity index (χ0n) is 13.3. The van der Waals surface area contributed by atoms with Crippen molar-refractivity contribution in [1.29, 1.82) is 0 Å². The van der Waals surface area contributed by atoms with Crippen LogP contribution in [0.5, 0.6) is 11.5 Å². The second-order valence-electron chi connectivity index (χ2n) is 5.24. The minimum atomic E-state index is -0.259. The van der Waals surface area contributed by atoms with Gasteiger partial charge in [0.1, 0.15) is 5.82 Å². The van der Waals surface area contributed by atoms with Gasteiger partial charge in [-0.15, -0.1) is 0 Å². The van der Waals surface area contributed by atoms with Crippen LogP contribution in [0.4, 0.5) is 0 Å². The van der Waals surface area contributed by atoms with Gasteiger partial charge in [-0.1, -0.05) is 15.9 Å².